The minimum atomic E-state index is -4.00. The second-order valence-electron chi connectivity index (χ2n) is 8.41. The maximum Gasteiger partial charge on any atom is 0.340 e. The Morgan fingerprint density at radius 2 is 1.68 bits per heavy atom. The number of rotatable bonds is 10. The molecule has 10 heteroatoms. The summed E-state index contributed by atoms with van der Waals surface area (Å²) in [6, 6.07) is 12.9. The van der Waals surface area contributed by atoms with Crippen LogP contribution in [0.25, 0.3) is 6.08 Å². The van der Waals surface area contributed by atoms with E-state index in [1.165, 1.54) is 45.5 Å². The number of methoxy groups -OCH3 is 2. The van der Waals surface area contributed by atoms with Crippen molar-refractivity contribution in [3.8, 4) is 5.75 Å². The third-order valence-electron chi connectivity index (χ3n) is 6.00. The molecule has 38 heavy (non-hydrogen) atoms. The van der Waals surface area contributed by atoms with Crippen LogP contribution in [0.1, 0.15) is 34.0 Å². The Balaban J connectivity index is 1.94. The van der Waals surface area contributed by atoms with E-state index in [1.54, 1.807) is 48.5 Å². The molecule has 0 fully saturated rings. The number of anilines is 1. The molecule has 2 aromatic carbocycles. The van der Waals surface area contributed by atoms with Crippen LogP contribution in [-0.2, 0) is 26.1 Å². The Morgan fingerprint density at radius 3 is 2.26 bits per heavy atom. The van der Waals surface area contributed by atoms with E-state index in [4.69, 9.17) is 9.47 Å². The fraction of sp³-hybridized carbons (Fsp3) is 0.250. The van der Waals surface area contributed by atoms with Crippen LogP contribution in [0, 0.1) is 6.92 Å². The first-order chi connectivity index (χ1) is 18.1. The van der Waals surface area contributed by atoms with Gasteiger partial charge in [0.25, 0.3) is 10.0 Å². The van der Waals surface area contributed by atoms with Gasteiger partial charge in [-0.1, -0.05) is 0 Å². The molecule has 3 aromatic rings. The van der Waals surface area contributed by atoms with Crippen molar-refractivity contribution in [3.05, 3.63) is 89.3 Å². The van der Waals surface area contributed by atoms with Crippen LogP contribution >= 0.6 is 0 Å². The molecule has 200 valence electrons. The van der Waals surface area contributed by atoms with Crippen molar-refractivity contribution in [2.24, 2.45) is 0 Å². The third kappa shape index (κ3) is 6.38. The zero-order valence-corrected chi connectivity index (χ0v) is 22.9. The number of aromatic nitrogens is 1. The van der Waals surface area contributed by atoms with Crippen molar-refractivity contribution in [3.63, 3.8) is 0 Å². The summed E-state index contributed by atoms with van der Waals surface area (Å²) in [5, 5.41) is 0. The Morgan fingerprint density at radius 1 is 1.03 bits per heavy atom. The number of aryl methyl sites for hydroxylation is 1. The number of carbonyl (C=O) groups excluding carboxylic acids is 2. The minimum absolute atomic E-state index is 0.0411. The summed E-state index contributed by atoms with van der Waals surface area (Å²) >= 11 is 0. The molecule has 1 amide bonds. The normalized spacial score (nSPS) is 11.3. The number of sulfonamides is 1. The zero-order chi connectivity index (χ0) is 27.9. The molecule has 0 unspecified atom stereocenters. The van der Waals surface area contributed by atoms with Gasteiger partial charge in [0.1, 0.15) is 5.75 Å². The molecular formula is C28H31N3O6S. The third-order valence-corrected chi connectivity index (χ3v) is 7.77. The number of carbonyl (C=O) groups is 2. The minimum Gasteiger partial charge on any atom is -0.497 e. The fourth-order valence-corrected chi connectivity index (χ4v) is 5.22. The van der Waals surface area contributed by atoms with Gasteiger partial charge in [-0.15, -0.1) is 0 Å². The van der Waals surface area contributed by atoms with Gasteiger partial charge in [0.2, 0.25) is 5.91 Å². The van der Waals surface area contributed by atoms with Gasteiger partial charge in [0.15, 0.2) is 0 Å². The van der Waals surface area contributed by atoms with Crippen molar-refractivity contribution >= 4 is 33.7 Å². The van der Waals surface area contributed by atoms with Crippen LogP contribution in [0.3, 0.4) is 0 Å². The molecule has 0 aliphatic carbocycles. The lowest BCUT2D eigenvalue weighted by Gasteiger charge is -2.24. The molecule has 3 rings (SSSR count). The van der Waals surface area contributed by atoms with Gasteiger partial charge < -0.3 is 14.4 Å². The summed E-state index contributed by atoms with van der Waals surface area (Å²) in [5.74, 6) is -0.384. The van der Waals surface area contributed by atoms with E-state index < -0.39 is 16.0 Å². The van der Waals surface area contributed by atoms with Crippen molar-refractivity contribution in [2.45, 2.75) is 25.3 Å². The SMILES string of the molecule is CCN(Cc1ccncc1)C(=O)/C=C/c1cc(C)c(N(C)S(=O)(=O)c2ccc(OC)cc2)c(C(=O)OC)c1. The summed E-state index contributed by atoms with van der Waals surface area (Å²) in [5.41, 5.74) is 2.27. The van der Waals surface area contributed by atoms with E-state index in [-0.39, 0.29) is 22.1 Å². The van der Waals surface area contributed by atoms with Crippen LogP contribution in [-0.4, -0.2) is 58.0 Å². The average Bonchev–Trinajstić information content (AvgIpc) is 2.94. The number of amides is 1. The summed E-state index contributed by atoms with van der Waals surface area (Å²) in [4.78, 5) is 31.3. The molecule has 1 aromatic heterocycles. The highest BCUT2D eigenvalue weighted by Crippen LogP contribution is 2.32. The van der Waals surface area contributed by atoms with Gasteiger partial charge in [0, 0.05) is 38.6 Å². The number of pyridine rings is 1. The number of hydrogen-bond donors (Lipinski definition) is 0. The molecule has 0 N–H and O–H groups in total. The van der Waals surface area contributed by atoms with Crippen LogP contribution in [0.5, 0.6) is 5.75 Å². The molecule has 0 aliphatic rings. The highest BCUT2D eigenvalue weighted by Gasteiger charge is 2.27. The Hall–Kier alpha value is -4.18. The van der Waals surface area contributed by atoms with E-state index in [2.05, 4.69) is 4.98 Å². The number of benzene rings is 2. The van der Waals surface area contributed by atoms with Gasteiger partial charge in [0.05, 0.1) is 30.4 Å². The van der Waals surface area contributed by atoms with Crippen molar-refractivity contribution in [1.82, 2.24) is 9.88 Å². The highest BCUT2D eigenvalue weighted by atomic mass is 32.2. The van der Waals surface area contributed by atoms with Crippen LogP contribution < -0.4 is 9.04 Å². The summed E-state index contributed by atoms with van der Waals surface area (Å²) in [6.07, 6.45) is 6.37. The van der Waals surface area contributed by atoms with Crippen molar-refractivity contribution in [2.75, 3.05) is 32.1 Å². The standard InChI is InChI=1S/C28H31N3O6S/c1-6-31(19-21-13-15-29-16-14-21)26(32)12-7-22-17-20(2)27(25(18-22)28(33)37-5)30(3)38(34,35)24-10-8-23(36-4)9-11-24/h7-18H,6,19H2,1-5H3/b12-7+. The van der Waals surface area contributed by atoms with Crippen molar-refractivity contribution < 1.29 is 27.5 Å². The Kier molecular flexibility index (Phi) is 9.25. The first-order valence-electron chi connectivity index (χ1n) is 11.8. The molecule has 0 bridgehead atoms. The van der Waals surface area contributed by atoms with E-state index in [0.717, 1.165) is 9.87 Å². The number of esters is 1. The smallest absolute Gasteiger partial charge is 0.340 e. The predicted molar refractivity (Wildman–Crippen MR) is 145 cm³/mol. The highest BCUT2D eigenvalue weighted by molar-refractivity contribution is 7.92. The topological polar surface area (TPSA) is 106 Å². The average molecular weight is 538 g/mol. The molecule has 1 heterocycles. The maximum atomic E-state index is 13.4. The molecule has 0 aliphatic heterocycles. The lowest BCUT2D eigenvalue weighted by molar-refractivity contribution is -0.126. The number of ether oxygens (including phenoxy) is 2. The molecule has 9 nitrogen and oxygen atoms in total. The fourth-order valence-electron chi connectivity index (χ4n) is 3.94. The number of hydrogen-bond acceptors (Lipinski definition) is 7. The molecule has 0 atom stereocenters. The van der Waals surface area contributed by atoms with Gasteiger partial charge in [-0.3, -0.25) is 14.1 Å². The van der Waals surface area contributed by atoms with Crippen LogP contribution in [0.4, 0.5) is 5.69 Å². The predicted octanol–water partition coefficient (Wildman–Crippen LogP) is 4.07. The number of nitrogens with zero attached hydrogens (tertiary/aromatic N) is 3. The maximum absolute atomic E-state index is 13.4. The molecular weight excluding hydrogens is 506 g/mol. The molecule has 0 radical (unpaired) electrons. The Labute approximate surface area is 223 Å². The van der Waals surface area contributed by atoms with E-state index >= 15 is 0 Å². The summed E-state index contributed by atoms with van der Waals surface area (Å²) < 4.78 is 37.9. The van der Waals surface area contributed by atoms with Crippen LogP contribution in [0.15, 0.2) is 71.9 Å². The molecule has 0 saturated carbocycles. The van der Waals surface area contributed by atoms with Gasteiger partial charge in [-0.25, -0.2) is 13.2 Å². The van der Waals surface area contributed by atoms with E-state index in [0.29, 0.717) is 30.0 Å². The quantitative estimate of drug-likeness (QED) is 0.283. The van der Waals surface area contributed by atoms with Gasteiger partial charge >= 0.3 is 5.97 Å². The van der Waals surface area contributed by atoms with Gasteiger partial charge in [-0.05, 0) is 85.1 Å². The Bertz CT molecular complexity index is 1420. The summed E-state index contributed by atoms with van der Waals surface area (Å²) in [6.45, 7) is 4.52. The van der Waals surface area contributed by atoms with Crippen LogP contribution in [0.2, 0.25) is 0 Å². The van der Waals surface area contributed by atoms with E-state index in [1.807, 2.05) is 19.1 Å². The second kappa shape index (κ2) is 12.4. The largest absolute Gasteiger partial charge is 0.497 e. The molecule has 0 spiro atoms. The lowest BCUT2D eigenvalue weighted by atomic mass is 10.0. The number of likely N-dealkylation sites (N-methyl/N-ethyl adjacent to an activating group) is 1. The zero-order valence-electron chi connectivity index (χ0n) is 22.0. The molecule has 0 saturated heterocycles. The lowest BCUT2D eigenvalue weighted by Crippen LogP contribution is -2.29. The monoisotopic (exact) mass is 537 g/mol. The first-order valence-corrected chi connectivity index (χ1v) is 13.3. The van der Waals surface area contributed by atoms with E-state index in [9.17, 15) is 18.0 Å². The van der Waals surface area contributed by atoms with Crippen molar-refractivity contribution in [1.29, 1.82) is 0 Å². The summed E-state index contributed by atoms with van der Waals surface area (Å²) in [7, 11) is 0.0985. The first kappa shape index (κ1) is 28.4. The second-order valence-corrected chi connectivity index (χ2v) is 10.4. The van der Waals surface area contributed by atoms with Gasteiger partial charge in [-0.2, -0.15) is 0 Å².